The fourth-order valence-electron chi connectivity index (χ4n) is 2.72. The second-order valence-electron chi connectivity index (χ2n) is 4.00. The van der Waals surface area contributed by atoms with Gasteiger partial charge >= 0.3 is 0 Å². The molecule has 2 nitrogen and oxygen atoms in total. The average Bonchev–Trinajstić information content (AvgIpc) is 2.47. The van der Waals surface area contributed by atoms with E-state index < -0.39 is 0 Å². The zero-order valence-electron chi connectivity index (χ0n) is 6.90. The Labute approximate surface area is 71.6 Å². The quantitative estimate of drug-likeness (QED) is 0.504. The maximum atomic E-state index is 11.7. The largest absolute Gasteiger partial charge is 0.365 e. The first-order valence-electron chi connectivity index (χ1n) is 4.74. The fraction of sp³-hybridized carbons (Fsp3) is 0.700. The topological polar surface area (TPSA) is 26.3 Å². The minimum Gasteiger partial charge on any atom is -0.365 e. The highest BCUT2D eigenvalue weighted by atomic mass is 16.5. The number of fused-ring (bicyclic) bond motifs is 6. The van der Waals surface area contributed by atoms with Crippen molar-refractivity contribution in [1.29, 1.82) is 0 Å². The standard InChI is InChI=1S/C10H12O2/c11-10-6-2-1-3-7(10)9-5-4-8(6)12-9/h4-9H,1-3H2. The van der Waals surface area contributed by atoms with E-state index in [0.717, 1.165) is 12.8 Å². The molecule has 2 fully saturated rings. The highest BCUT2D eigenvalue weighted by molar-refractivity contribution is 5.87. The molecule has 0 aromatic carbocycles. The van der Waals surface area contributed by atoms with Gasteiger partial charge in [-0.1, -0.05) is 18.6 Å². The molecule has 4 atom stereocenters. The molecule has 2 heterocycles. The Morgan fingerprint density at radius 2 is 1.75 bits per heavy atom. The molecule has 1 saturated carbocycles. The van der Waals surface area contributed by atoms with Crippen molar-refractivity contribution >= 4 is 5.78 Å². The van der Waals surface area contributed by atoms with Crippen LogP contribution in [0.1, 0.15) is 19.3 Å². The molecule has 3 rings (SSSR count). The molecular formula is C10H12O2. The van der Waals surface area contributed by atoms with Crippen molar-refractivity contribution in [2.75, 3.05) is 0 Å². The Morgan fingerprint density at radius 1 is 1.17 bits per heavy atom. The van der Waals surface area contributed by atoms with Gasteiger partial charge in [-0.15, -0.1) is 0 Å². The summed E-state index contributed by atoms with van der Waals surface area (Å²) < 4.78 is 5.70. The van der Waals surface area contributed by atoms with Crippen LogP contribution < -0.4 is 0 Å². The zero-order chi connectivity index (χ0) is 8.13. The number of ketones is 1. The summed E-state index contributed by atoms with van der Waals surface area (Å²) in [5.74, 6) is 0.852. The van der Waals surface area contributed by atoms with Crippen LogP contribution in [0.4, 0.5) is 0 Å². The molecule has 1 saturated heterocycles. The van der Waals surface area contributed by atoms with Crippen LogP contribution in [0.15, 0.2) is 12.2 Å². The number of carbonyl (C=O) groups excluding carboxylic acids is 1. The van der Waals surface area contributed by atoms with E-state index in [2.05, 4.69) is 12.2 Å². The molecular weight excluding hydrogens is 152 g/mol. The molecule has 0 amide bonds. The molecule has 0 aromatic rings. The second kappa shape index (κ2) is 2.19. The normalized spacial score (nSPS) is 49.8. The summed E-state index contributed by atoms with van der Waals surface area (Å²) in [6.07, 6.45) is 7.70. The smallest absolute Gasteiger partial charge is 0.144 e. The van der Waals surface area contributed by atoms with Crippen molar-refractivity contribution in [3.8, 4) is 0 Å². The van der Waals surface area contributed by atoms with E-state index in [1.54, 1.807) is 0 Å². The lowest BCUT2D eigenvalue weighted by Gasteiger charge is -2.38. The van der Waals surface area contributed by atoms with Crippen molar-refractivity contribution in [3.05, 3.63) is 12.2 Å². The molecule has 3 aliphatic rings. The first-order chi connectivity index (χ1) is 5.86. The lowest BCUT2D eigenvalue weighted by molar-refractivity contribution is -0.150. The Kier molecular flexibility index (Phi) is 1.25. The average molecular weight is 164 g/mol. The van der Waals surface area contributed by atoms with Crippen molar-refractivity contribution < 1.29 is 9.53 Å². The number of Topliss-reactive ketones (excluding diaryl/α,β-unsaturated/α-hetero) is 1. The van der Waals surface area contributed by atoms with E-state index in [-0.39, 0.29) is 24.0 Å². The number of ether oxygens (including phenoxy) is 1. The molecule has 2 aliphatic heterocycles. The molecule has 4 bridgehead atoms. The molecule has 2 heteroatoms. The van der Waals surface area contributed by atoms with Crippen LogP contribution in [0.25, 0.3) is 0 Å². The van der Waals surface area contributed by atoms with E-state index in [0.29, 0.717) is 5.78 Å². The van der Waals surface area contributed by atoms with Crippen molar-refractivity contribution in [1.82, 2.24) is 0 Å². The van der Waals surface area contributed by atoms with Gasteiger partial charge in [-0.3, -0.25) is 4.79 Å². The summed E-state index contributed by atoms with van der Waals surface area (Å²) in [6, 6.07) is 0. The molecule has 12 heavy (non-hydrogen) atoms. The van der Waals surface area contributed by atoms with Gasteiger partial charge in [-0.05, 0) is 12.8 Å². The first-order valence-corrected chi connectivity index (χ1v) is 4.74. The van der Waals surface area contributed by atoms with Gasteiger partial charge in [-0.2, -0.15) is 0 Å². The van der Waals surface area contributed by atoms with Crippen molar-refractivity contribution in [2.24, 2.45) is 11.8 Å². The predicted octanol–water partition coefficient (Wildman–Crippen LogP) is 1.31. The lowest BCUT2D eigenvalue weighted by Crippen LogP contribution is -2.46. The van der Waals surface area contributed by atoms with Crippen molar-refractivity contribution in [2.45, 2.75) is 31.5 Å². The minimum absolute atomic E-state index is 0.124. The third kappa shape index (κ3) is 0.712. The third-order valence-electron chi connectivity index (χ3n) is 3.36. The van der Waals surface area contributed by atoms with E-state index >= 15 is 0 Å². The van der Waals surface area contributed by atoms with Gasteiger partial charge < -0.3 is 4.74 Å². The highest BCUT2D eigenvalue weighted by Gasteiger charge is 2.47. The van der Waals surface area contributed by atoms with E-state index in [1.807, 2.05) is 0 Å². The van der Waals surface area contributed by atoms with Gasteiger partial charge in [0.05, 0.1) is 12.2 Å². The summed E-state index contributed by atoms with van der Waals surface area (Å²) >= 11 is 0. The van der Waals surface area contributed by atoms with Gasteiger partial charge in [0.1, 0.15) is 5.78 Å². The number of rotatable bonds is 0. The zero-order valence-corrected chi connectivity index (χ0v) is 6.90. The van der Waals surface area contributed by atoms with Crippen LogP contribution in [-0.2, 0) is 9.53 Å². The minimum atomic E-state index is 0.124. The summed E-state index contributed by atoms with van der Waals surface area (Å²) in [7, 11) is 0. The van der Waals surface area contributed by atoms with Crippen molar-refractivity contribution in [3.63, 3.8) is 0 Å². The maximum Gasteiger partial charge on any atom is 0.144 e. The Hall–Kier alpha value is -0.630. The number of carbonyl (C=O) groups is 1. The third-order valence-corrected chi connectivity index (χ3v) is 3.36. The molecule has 64 valence electrons. The number of hydrogen-bond donors (Lipinski definition) is 0. The van der Waals surface area contributed by atoms with E-state index in [9.17, 15) is 4.79 Å². The van der Waals surface area contributed by atoms with Crippen LogP contribution in [0.5, 0.6) is 0 Å². The van der Waals surface area contributed by atoms with Crippen LogP contribution >= 0.6 is 0 Å². The van der Waals surface area contributed by atoms with E-state index in [4.69, 9.17) is 4.74 Å². The van der Waals surface area contributed by atoms with E-state index in [1.165, 1.54) is 6.42 Å². The summed E-state index contributed by atoms with van der Waals surface area (Å²) in [6.45, 7) is 0. The lowest BCUT2D eigenvalue weighted by atomic mass is 9.75. The monoisotopic (exact) mass is 164 g/mol. The van der Waals surface area contributed by atoms with Gasteiger partial charge in [0.2, 0.25) is 0 Å². The highest BCUT2D eigenvalue weighted by Crippen LogP contribution is 2.41. The van der Waals surface area contributed by atoms with Crippen LogP contribution in [0.2, 0.25) is 0 Å². The Morgan fingerprint density at radius 3 is 2.33 bits per heavy atom. The molecule has 4 unspecified atom stereocenters. The molecule has 0 N–H and O–H groups in total. The maximum absolute atomic E-state index is 11.7. The molecule has 1 aliphatic carbocycles. The summed E-state index contributed by atoms with van der Waals surface area (Å²) in [4.78, 5) is 11.7. The van der Waals surface area contributed by atoms with Crippen LogP contribution in [0.3, 0.4) is 0 Å². The fourth-order valence-corrected chi connectivity index (χ4v) is 2.72. The molecule has 0 spiro atoms. The Balaban J connectivity index is 2.02. The second-order valence-corrected chi connectivity index (χ2v) is 4.00. The van der Waals surface area contributed by atoms with Gasteiger partial charge in [0.25, 0.3) is 0 Å². The first kappa shape index (κ1) is 6.84. The summed E-state index contributed by atoms with van der Waals surface area (Å²) in [5, 5.41) is 0. The number of hydrogen-bond acceptors (Lipinski definition) is 2. The van der Waals surface area contributed by atoms with Gasteiger partial charge in [0, 0.05) is 11.8 Å². The molecule has 0 aromatic heterocycles. The Bertz CT molecular complexity index is 235. The van der Waals surface area contributed by atoms with Gasteiger partial charge in [-0.25, -0.2) is 0 Å². The van der Waals surface area contributed by atoms with Crippen LogP contribution in [0, 0.1) is 11.8 Å². The molecule has 0 radical (unpaired) electrons. The summed E-state index contributed by atoms with van der Waals surface area (Å²) in [5.41, 5.74) is 0. The van der Waals surface area contributed by atoms with Gasteiger partial charge in [0.15, 0.2) is 0 Å². The van der Waals surface area contributed by atoms with Crippen LogP contribution in [-0.4, -0.2) is 18.0 Å². The predicted molar refractivity (Wildman–Crippen MR) is 43.6 cm³/mol. The SMILES string of the molecule is O=C1C2CCCC1C1C=CC2O1.